The van der Waals surface area contributed by atoms with Gasteiger partial charge in [-0.05, 0) is 75.3 Å². The number of carbonyl (C=O) groups is 3. The molecule has 2 aromatic rings. The zero-order chi connectivity index (χ0) is 38.2. The number of nitrogens with one attached hydrogen (secondary N) is 3. The highest BCUT2D eigenvalue weighted by Gasteiger charge is 2.44. The molecule has 2 aromatic carbocycles. The maximum absolute atomic E-state index is 14.0. The summed E-state index contributed by atoms with van der Waals surface area (Å²) in [5.74, 6) is -0.926. The molecule has 0 saturated carbocycles. The van der Waals surface area contributed by atoms with Gasteiger partial charge in [-0.2, -0.15) is 4.31 Å². The smallest absolute Gasteiger partial charge is 0.408 e. The zero-order valence-corrected chi connectivity index (χ0v) is 31.9. The highest BCUT2D eigenvalue weighted by molar-refractivity contribution is 7.89. The van der Waals surface area contributed by atoms with Crippen molar-refractivity contribution in [1.82, 2.24) is 14.9 Å². The molecule has 0 bridgehead atoms. The Morgan fingerprint density at radius 3 is 2.23 bits per heavy atom. The van der Waals surface area contributed by atoms with E-state index in [2.05, 4.69) is 16.0 Å². The molecule has 0 unspecified atom stereocenters. The molecule has 0 aliphatic carbocycles. The predicted molar refractivity (Wildman–Crippen MR) is 194 cm³/mol. The van der Waals surface area contributed by atoms with Gasteiger partial charge in [0.2, 0.25) is 15.9 Å². The van der Waals surface area contributed by atoms with Gasteiger partial charge in [0.1, 0.15) is 17.7 Å². The number of hydrogen-bond acceptors (Lipinski definition) is 10. The van der Waals surface area contributed by atoms with Crippen LogP contribution in [0, 0.1) is 17.8 Å². The van der Waals surface area contributed by atoms with Gasteiger partial charge >= 0.3 is 12.2 Å². The molecule has 0 radical (unpaired) electrons. The van der Waals surface area contributed by atoms with Crippen molar-refractivity contribution in [2.45, 2.75) is 102 Å². The fraction of sp³-hybridized carbons (Fsp3) is 0.595. The molecule has 2 aliphatic heterocycles. The van der Waals surface area contributed by atoms with Crippen molar-refractivity contribution in [3.05, 3.63) is 60.2 Å². The van der Waals surface area contributed by atoms with E-state index in [0.29, 0.717) is 18.7 Å². The quantitative estimate of drug-likeness (QED) is 0.205. The van der Waals surface area contributed by atoms with E-state index in [1.165, 1.54) is 28.6 Å². The minimum absolute atomic E-state index is 0.0489. The second-order valence-electron chi connectivity index (χ2n) is 15.1. The highest BCUT2D eigenvalue weighted by atomic mass is 32.2. The third-order valence-corrected chi connectivity index (χ3v) is 10.5. The zero-order valence-electron chi connectivity index (χ0n) is 31.0. The van der Waals surface area contributed by atoms with Crippen molar-refractivity contribution in [3.8, 4) is 0 Å². The van der Waals surface area contributed by atoms with Crippen molar-refractivity contribution < 1.29 is 46.9 Å². The predicted octanol–water partition coefficient (Wildman–Crippen LogP) is 4.28. The van der Waals surface area contributed by atoms with Crippen LogP contribution >= 0.6 is 0 Å². The van der Waals surface area contributed by atoms with Crippen molar-refractivity contribution in [1.29, 1.82) is 0 Å². The molecule has 15 heteroatoms. The van der Waals surface area contributed by atoms with Crippen LogP contribution in [0.3, 0.4) is 0 Å². The monoisotopic (exact) mass is 746 g/mol. The van der Waals surface area contributed by atoms with Crippen LogP contribution in [-0.4, -0.2) is 98.4 Å². The number of aliphatic hydroxyl groups excluding tert-OH is 1. The number of anilines is 1. The summed E-state index contributed by atoms with van der Waals surface area (Å²) in [6.45, 7) is 13.0. The van der Waals surface area contributed by atoms with Gasteiger partial charge in [-0.15, -0.1) is 0 Å². The van der Waals surface area contributed by atoms with Crippen LogP contribution in [0.4, 0.5) is 15.3 Å². The number of hydrogen-bond donors (Lipinski definition) is 4. The van der Waals surface area contributed by atoms with E-state index in [4.69, 9.17) is 18.9 Å². The van der Waals surface area contributed by atoms with Crippen molar-refractivity contribution in [2.75, 3.05) is 31.6 Å². The summed E-state index contributed by atoms with van der Waals surface area (Å²) < 4.78 is 51.4. The molecule has 3 amide bonds. The number of sulfonamides is 1. The molecule has 2 saturated heterocycles. The first-order valence-corrected chi connectivity index (χ1v) is 19.2. The van der Waals surface area contributed by atoms with E-state index in [9.17, 15) is 27.9 Å². The third-order valence-electron chi connectivity index (χ3n) is 8.65. The maximum atomic E-state index is 14.0. The number of aliphatic hydroxyl groups is 1. The third kappa shape index (κ3) is 11.6. The molecule has 52 heavy (non-hydrogen) atoms. The SMILES string of the molecule is CC(C)CN(C[C@@H](O)[C@H](Cc1ccccc1)NC(=O)O[C@H]1CO[C@H]2OCC[C@H]21)S(=O)(=O)c1ccc(NC(=O)[C@@H](NC(=O)OC(C)(C)C)C(C)C)cc1. The Bertz CT molecular complexity index is 1600. The summed E-state index contributed by atoms with van der Waals surface area (Å²) in [5, 5.41) is 19.7. The second kappa shape index (κ2) is 17.8. The van der Waals surface area contributed by atoms with E-state index < -0.39 is 64.3 Å². The summed E-state index contributed by atoms with van der Waals surface area (Å²) in [5.41, 5.74) is 0.413. The van der Waals surface area contributed by atoms with Crippen molar-refractivity contribution in [2.24, 2.45) is 17.8 Å². The Morgan fingerprint density at radius 2 is 1.62 bits per heavy atom. The van der Waals surface area contributed by atoms with Gasteiger partial charge in [-0.3, -0.25) is 4.79 Å². The number of alkyl carbamates (subject to hydrolysis) is 2. The first-order valence-electron chi connectivity index (χ1n) is 17.8. The summed E-state index contributed by atoms with van der Waals surface area (Å²) in [7, 11) is -4.15. The first kappa shape index (κ1) is 41.0. The van der Waals surface area contributed by atoms with Crippen LogP contribution in [0.1, 0.15) is 60.5 Å². The Morgan fingerprint density at radius 1 is 0.942 bits per heavy atom. The molecule has 0 spiro atoms. The Labute approximate surface area is 307 Å². The summed E-state index contributed by atoms with van der Waals surface area (Å²) in [6.07, 6.45) is -2.75. The summed E-state index contributed by atoms with van der Waals surface area (Å²) >= 11 is 0. The number of amides is 3. The molecule has 288 valence electrons. The minimum Gasteiger partial charge on any atom is -0.444 e. The molecular weight excluding hydrogens is 692 g/mol. The number of fused-ring (bicyclic) bond motifs is 1. The molecular formula is C37H54N4O10S. The molecule has 0 aromatic heterocycles. The van der Waals surface area contributed by atoms with Gasteiger partial charge in [-0.25, -0.2) is 18.0 Å². The van der Waals surface area contributed by atoms with Crippen LogP contribution in [0.15, 0.2) is 59.5 Å². The van der Waals surface area contributed by atoms with Gasteiger partial charge in [0.15, 0.2) is 6.29 Å². The van der Waals surface area contributed by atoms with Crippen LogP contribution < -0.4 is 16.0 Å². The fourth-order valence-corrected chi connectivity index (χ4v) is 7.71. The molecule has 2 fully saturated rings. The fourth-order valence-electron chi connectivity index (χ4n) is 6.08. The van der Waals surface area contributed by atoms with Crippen LogP contribution in [-0.2, 0) is 40.2 Å². The average molecular weight is 747 g/mol. The Kier molecular flexibility index (Phi) is 14.1. The maximum Gasteiger partial charge on any atom is 0.408 e. The van der Waals surface area contributed by atoms with Gasteiger partial charge < -0.3 is 40.0 Å². The Hall–Kier alpha value is -3.76. The molecule has 6 atom stereocenters. The number of nitrogens with zero attached hydrogens (tertiary/aromatic N) is 1. The lowest BCUT2D eigenvalue weighted by atomic mass is 10.0. The number of ether oxygens (including phenoxy) is 4. The lowest BCUT2D eigenvalue weighted by molar-refractivity contribution is -0.119. The molecule has 4 N–H and O–H groups in total. The van der Waals surface area contributed by atoms with E-state index >= 15 is 0 Å². The van der Waals surface area contributed by atoms with Crippen molar-refractivity contribution >= 4 is 33.8 Å². The number of benzene rings is 2. The summed E-state index contributed by atoms with van der Waals surface area (Å²) in [4.78, 5) is 38.6. The topological polar surface area (TPSA) is 182 Å². The Balaban J connectivity index is 1.47. The van der Waals surface area contributed by atoms with E-state index in [-0.39, 0.29) is 48.8 Å². The molecule has 4 rings (SSSR count). The number of rotatable bonds is 15. The van der Waals surface area contributed by atoms with Gasteiger partial charge in [0, 0.05) is 18.8 Å². The largest absolute Gasteiger partial charge is 0.444 e. The highest BCUT2D eigenvalue weighted by Crippen LogP contribution is 2.33. The second-order valence-corrected chi connectivity index (χ2v) is 17.0. The van der Waals surface area contributed by atoms with E-state index in [1.54, 1.807) is 34.6 Å². The minimum atomic E-state index is -4.15. The van der Waals surface area contributed by atoms with Gasteiger partial charge in [-0.1, -0.05) is 58.0 Å². The standard InChI is InChI=1S/C37H54N4O10S/c1-23(2)20-41(52(46,47)27-15-13-26(14-16-27)38-33(43)32(24(3)4)40-36(45)51-37(5,6)7)21-30(42)29(19-25-11-9-8-10-12-25)39-35(44)50-31-22-49-34-28(31)17-18-48-34/h8-16,23-24,28-32,34,42H,17-22H2,1-7H3,(H,38,43)(H,39,44)(H,40,45)/t28-,29-,30+,31-,32-,34+/m0/s1. The van der Waals surface area contributed by atoms with Gasteiger partial charge in [0.25, 0.3) is 0 Å². The lowest BCUT2D eigenvalue weighted by Gasteiger charge is -2.31. The number of carbonyl (C=O) groups excluding carboxylic acids is 3. The van der Waals surface area contributed by atoms with E-state index in [1.807, 2.05) is 44.2 Å². The molecule has 14 nitrogen and oxygen atoms in total. The normalized spacial score (nSPS) is 20.6. The first-order chi connectivity index (χ1) is 24.4. The van der Waals surface area contributed by atoms with E-state index in [0.717, 1.165) is 5.56 Å². The van der Waals surface area contributed by atoms with Crippen LogP contribution in [0.25, 0.3) is 0 Å². The van der Waals surface area contributed by atoms with Gasteiger partial charge in [0.05, 0.1) is 36.2 Å². The van der Waals surface area contributed by atoms with Crippen molar-refractivity contribution in [3.63, 3.8) is 0 Å². The van der Waals surface area contributed by atoms with Crippen LogP contribution in [0.5, 0.6) is 0 Å². The van der Waals surface area contributed by atoms with Crippen LogP contribution in [0.2, 0.25) is 0 Å². The lowest BCUT2D eigenvalue weighted by Crippen LogP contribution is -2.51. The average Bonchev–Trinajstić information content (AvgIpc) is 3.68. The summed E-state index contributed by atoms with van der Waals surface area (Å²) in [6, 6.07) is 13.1. The molecule has 2 aliphatic rings. The molecule has 2 heterocycles.